The van der Waals surface area contributed by atoms with Crippen molar-refractivity contribution in [3.8, 4) is 0 Å². The Hall–Kier alpha value is -1.61. The number of aromatic nitrogens is 2. The maximum absolute atomic E-state index is 4.19. The Kier molecular flexibility index (Phi) is 3.37. The molecular formula is C13H17N3. The van der Waals surface area contributed by atoms with Crippen molar-refractivity contribution >= 4 is 0 Å². The van der Waals surface area contributed by atoms with Gasteiger partial charge in [-0.25, -0.2) is 4.98 Å². The Morgan fingerprint density at radius 1 is 1.38 bits per heavy atom. The minimum Gasteiger partial charge on any atom is -0.348 e. The lowest BCUT2D eigenvalue weighted by Gasteiger charge is -2.15. The highest BCUT2D eigenvalue weighted by atomic mass is 15.0. The van der Waals surface area contributed by atoms with Gasteiger partial charge in [0.1, 0.15) is 5.82 Å². The number of hydrogen-bond acceptors (Lipinski definition) is 2. The van der Waals surface area contributed by atoms with Gasteiger partial charge in [0, 0.05) is 18.4 Å². The van der Waals surface area contributed by atoms with Gasteiger partial charge in [-0.1, -0.05) is 24.3 Å². The quantitative estimate of drug-likeness (QED) is 0.823. The van der Waals surface area contributed by atoms with Crippen LogP contribution in [0.1, 0.15) is 29.9 Å². The van der Waals surface area contributed by atoms with Crippen LogP contribution in [0.5, 0.6) is 0 Å². The first-order valence-electron chi connectivity index (χ1n) is 5.54. The van der Waals surface area contributed by atoms with Crippen LogP contribution >= 0.6 is 0 Å². The fourth-order valence-corrected chi connectivity index (χ4v) is 1.83. The Morgan fingerprint density at radius 2 is 2.19 bits per heavy atom. The molecule has 0 bridgehead atoms. The molecule has 3 nitrogen and oxygen atoms in total. The second-order valence-electron chi connectivity index (χ2n) is 4.00. The molecule has 0 fully saturated rings. The summed E-state index contributed by atoms with van der Waals surface area (Å²) in [6.45, 7) is 5.08. The topological polar surface area (TPSA) is 40.7 Å². The molecule has 2 aromatic rings. The Morgan fingerprint density at radius 3 is 2.88 bits per heavy atom. The lowest BCUT2D eigenvalue weighted by atomic mass is 10.0. The average molecular weight is 215 g/mol. The van der Waals surface area contributed by atoms with Crippen molar-refractivity contribution in [3.63, 3.8) is 0 Å². The molecule has 0 aliphatic heterocycles. The second-order valence-corrected chi connectivity index (χ2v) is 4.00. The summed E-state index contributed by atoms with van der Waals surface area (Å²) in [5.41, 5.74) is 2.66. The summed E-state index contributed by atoms with van der Waals surface area (Å²) in [7, 11) is 0. The van der Waals surface area contributed by atoms with E-state index in [0.717, 1.165) is 12.4 Å². The van der Waals surface area contributed by atoms with Crippen molar-refractivity contribution in [3.05, 3.63) is 53.6 Å². The van der Waals surface area contributed by atoms with Gasteiger partial charge in [-0.2, -0.15) is 0 Å². The largest absolute Gasteiger partial charge is 0.348 e. The van der Waals surface area contributed by atoms with E-state index in [9.17, 15) is 0 Å². The number of hydrogen-bond donors (Lipinski definition) is 2. The van der Waals surface area contributed by atoms with Crippen LogP contribution in [0.15, 0.2) is 36.7 Å². The summed E-state index contributed by atoms with van der Waals surface area (Å²) < 4.78 is 0. The molecule has 0 radical (unpaired) electrons. The van der Waals surface area contributed by atoms with Crippen LogP contribution in [0, 0.1) is 6.92 Å². The SMILES string of the molecule is Cc1ccccc1[C@H](C)NCc1ncc[nH]1. The van der Waals surface area contributed by atoms with Gasteiger partial charge in [0.05, 0.1) is 6.54 Å². The minimum atomic E-state index is 0.339. The molecule has 0 aliphatic carbocycles. The number of aromatic amines is 1. The molecule has 3 heteroatoms. The zero-order valence-corrected chi connectivity index (χ0v) is 9.70. The number of aryl methyl sites for hydroxylation is 1. The van der Waals surface area contributed by atoms with Crippen molar-refractivity contribution in [1.29, 1.82) is 0 Å². The molecule has 0 spiro atoms. The average Bonchev–Trinajstić information content (AvgIpc) is 2.79. The molecular weight excluding hydrogens is 198 g/mol. The Bertz CT molecular complexity index is 434. The molecule has 0 saturated carbocycles. The minimum absolute atomic E-state index is 0.339. The van der Waals surface area contributed by atoms with Gasteiger partial charge in [-0.15, -0.1) is 0 Å². The zero-order valence-electron chi connectivity index (χ0n) is 9.70. The lowest BCUT2D eigenvalue weighted by Crippen LogP contribution is -2.19. The van der Waals surface area contributed by atoms with Crippen LogP contribution in [-0.2, 0) is 6.54 Å². The van der Waals surface area contributed by atoms with Crippen LogP contribution in [0.4, 0.5) is 0 Å². The fourth-order valence-electron chi connectivity index (χ4n) is 1.83. The van der Waals surface area contributed by atoms with E-state index in [4.69, 9.17) is 0 Å². The third kappa shape index (κ3) is 2.49. The zero-order chi connectivity index (χ0) is 11.4. The molecule has 84 valence electrons. The van der Waals surface area contributed by atoms with Crippen molar-refractivity contribution in [2.24, 2.45) is 0 Å². The molecule has 2 rings (SSSR count). The molecule has 1 aromatic heterocycles. The van der Waals surface area contributed by atoms with E-state index < -0.39 is 0 Å². The Labute approximate surface area is 95.9 Å². The summed E-state index contributed by atoms with van der Waals surface area (Å²) in [4.78, 5) is 7.27. The predicted molar refractivity (Wildman–Crippen MR) is 65.0 cm³/mol. The summed E-state index contributed by atoms with van der Waals surface area (Å²) in [5.74, 6) is 0.973. The maximum atomic E-state index is 4.19. The first-order chi connectivity index (χ1) is 7.77. The molecule has 16 heavy (non-hydrogen) atoms. The van der Waals surface area contributed by atoms with Crippen molar-refractivity contribution < 1.29 is 0 Å². The van der Waals surface area contributed by atoms with Crippen LogP contribution < -0.4 is 5.32 Å². The highest BCUT2D eigenvalue weighted by Crippen LogP contribution is 2.16. The fraction of sp³-hybridized carbons (Fsp3) is 0.308. The van der Waals surface area contributed by atoms with Crippen LogP contribution in [0.25, 0.3) is 0 Å². The van der Waals surface area contributed by atoms with Crippen LogP contribution in [0.3, 0.4) is 0 Å². The summed E-state index contributed by atoms with van der Waals surface area (Å²) in [5, 5.41) is 3.45. The van der Waals surface area contributed by atoms with Gasteiger partial charge >= 0.3 is 0 Å². The number of imidazole rings is 1. The molecule has 0 saturated heterocycles. The predicted octanol–water partition coefficient (Wildman–Crippen LogP) is 2.57. The highest BCUT2D eigenvalue weighted by Gasteiger charge is 2.07. The second kappa shape index (κ2) is 4.94. The van der Waals surface area contributed by atoms with Gasteiger partial charge in [-0.3, -0.25) is 0 Å². The molecule has 2 N–H and O–H groups in total. The van der Waals surface area contributed by atoms with E-state index in [1.165, 1.54) is 11.1 Å². The van der Waals surface area contributed by atoms with Crippen LogP contribution in [-0.4, -0.2) is 9.97 Å². The highest BCUT2D eigenvalue weighted by molar-refractivity contribution is 5.28. The van der Waals surface area contributed by atoms with Crippen molar-refractivity contribution in [1.82, 2.24) is 15.3 Å². The number of nitrogens with one attached hydrogen (secondary N) is 2. The summed E-state index contributed by atoms with van der Waals surface area (Å²) >= 11 is 0. The van der Waals surface area contributed by atoms with E-state index in [-0.39, 0.29) is 0 Å². The molecule has 1 heterocycles. The Balaban J connectivity index is 1.98. The number of benzene rings is 1. The third-order valence-electron chi connectivity index (χ3n) is 2.79. The van der Waals surface area contributed by atoms with Crippen molar-refractivity contribution in [2.45, 2.75) is 26.4 Å². The van der Waals surface area contributed by atoms with Crippen LogP contribution in [0.2, 0.25) is 0 Å². The molecule has 0 aliphatic rings. The number of rotatable bonds is 4. The molecule has 1 atom stereocenters. The molecule has 0 amide bonds. The molecule has 0 unspecified atom stereocenters. The standard InChI is InChI=1S/C13H17N3/c1-10-5-3-4-6-12(10)11(2)16-9-13-14-7-8-15-13/h3-8,11,16H,9H2,1-2H3,(H,14,15)/t11-/m0/s1. The smallest absolute Gasteiger partial charge is 0.120 e. The van der Waals surface area contributed by atoms with Gasteiger partial charge < -0.3 is 10.3 Å². The monoisotopic (exact) mass is 215 g/mol. The van der Waals surface area contributed by atoms with E-state index in [2.05, 4.69) is 53.4 Å². The van der Waals surface area contributed by atoms with Gasteiger partial charge in [0.25, 0.3) is 0 Å². The van der Waals surface area contributed by atoms with E-state index in [0.29, 0.717) is 6.04 Å². The normalized spacial score (nSPS) is 12.6. The first kappa shape index (κ1) is 10.9. The van der Waals surface area contributed by atoms with Gasteiger partial charge in [-0.05, 0) is 25.0 Å². The number of nitrogens with zero attached hydrogens (tertiary/aromatic N) is 1. The third-order valence-corrected chi connectivity index (χ3v) is 2.79. The van der Waals surface area contributed by atoms with Gasteiger partial charge in [0.15, 0.2) is 0 Å². The molecule has 1 aromatic carbocycles. The van der Waals surface area contributed by atoms with E-state index >= 15 is 0 Å². The summed E-state index contributed by atoms with van der Waals surface area (Å²) in [6.07, 6.45) is 3.62. The lowest BCUT2D eigenvalue weighted by molar-refractivity contribution is 0.559. The van der Waals surface area contributed by atoms with Gasteiger partial charge in [0.2, 0.25) is 0 Å². The van der Waals surface area contributed by atoms with E-state index in [1.54, 1.807) is 6.20 Å². The first-order valence-corrected chi connectivity index (χ1v) is 5.54. The van der Waals surface area contributed by atoms with Crippen molar-refractivity contribution in [2.75, 3.05) is 0 Å². The van der Waals surface area contributed by atoms with E-state index in [1.807, 2.05) is 6.20 Å². The number of H-pyrrole nitrogens is 1. The maximum Gasteiger partial charge on any atom is 0.120 e. The summed E-state index contributed by atoms with van der Waals surface area (Å²) in [6, 6.07) is 8.78.